The molecule has 1 aromatic carbocycles. The molecule has 120 valence electrons. The highest BCUT2D eigenvalue weighted by atomic mass is 16.5. The fourth-order valence-corrected chi connectivity index (χ4v) is 2.88. The van der Waals surface area contributed by atoms with E-state index in [9.17, 15) is 9.59 Å². The molecule has 1 saturated heterocycles. The molecule has 3 N–H and O–H groups in total. The Morgan fingerprint density at radius 2 is 2.05 bits per heavy atom. The van der Waals surface area contributed by atoms with Crippen LogP contribution in [-0.4, -0.2) is 49.6 Å². The fraction of sp³-hybridized carbons (Fsp3) is 0.500. The molecule has 1 heterocycles. The van der Waals surface area contributed by atoms with Gasteiger partial charge in [-0.15, -0.1) is 0 Å². The number of nitrogens with zero attached hydrogens (tertiary/aromatic N) is 1. The molecule has 2 atom stereocenters. The summed E-state index contributed by atoms with van der Waals surface area (Å²) in [5, 5.41) is 3.45. The van der Waals surface area contributed by atoms with Crippen molar-refractivity contribution < 1.29 is 14.3 Å². The van der Waals surface area contributed by atoms with Gasteiger partial charge in [0.25, 0.3) is 0 Å². The Morgan fingerprint density at radius 1 is 1.32 bits per heavy atom. The maximum absolute atomic E-state index is 11.8. The number of ether oxygens (including phenoxy) is 1. The Labute approximate surface area is 130 Å². The first-order valence-electron chi connectivity index (χ1n) is 7.44. The van der Waals surface area contributed by atoms with Gasteiger partial charge in [-0.1, -0.05) is 30.3 Å². The molecule has 0 saturated carbocycles. The van der Waals surface area contributed by atoms with E-state index in [1.807, 2.05) is 23.1 Å². The lowest BCUT2D eigenvalue weighted by Gasteiger charge is -2.36. The summed E-state index contributed by atoms with van der Waals surface area (Å²) in [6.45, 7) is 2.10. The van der Waals surface area contributed by atoms with Gasteiger partial charge in [-0.2, -0.15) is 0 Å². The van der Waals surface area contributed by atoms with E-state index in [0.29, 0.717) is 19.5 Å². The van der Waals surface area contributed by atoms with Crippen LogP contribution in [0.15, 0.2) is 30.3 Å². The molecule has 1 amide bonds. The van der Waals surface area contributed by atoms with Gasteiger partial charge in [-0.05, 0) is 12.0 Å². The van der Waals surface area contributed by atoms with Crippen LogP contribution in [0.25, 0.3) is 0 Å². The topological polar surface area (TPSA) is 84.7 Å². The van der Waals surface area contributed by atoms with Gasteiger partial charge in [0, 0.05) is 25.7 Å². The summed E-state index contributed by atoms with van der Waals surface area (Å²) in [7, 11) is 1.39. The number of piperidine rings is 1. The lowest BCUT2D eigenvalue weighted by atomic mass is 9.94. The lowest BCUT2D eigenvalue weighted by Crippen LogP contribution is -2.52. The number of hydrogen-bond donors (Lipinski definition) is 2. The van der Waals surface area contributed by atoms with Crippen molar-refractivity contribution in [1.82, 2.24) is 10.2 Å². The molecule has 0 radical (unpaired) electrons. The van der Waals surface area contributed by atoms with E-state index < -0.39 is 0 Å². The number of likely N-dealkylation sites (tertiary alicyclic amines) is 1. The molecule has 0 spiro atoms. The van der Waals surface area contributed by atoms with E-state index in [0.717, 1.165) is 6.54 Å². The number of hydrogen-bond acceptors (Lipinski definition) is 5. The summed E-state index contributed by atoms with van der Waals surface area (Å²) < 4.78 is 4.84. The zero-order chi connectivity index (χ0) is 15.9. The van der Waals surface area contributed by atoms with Gasteiger partial charge in [0.05, 0.1) is 19.6 Å². The maximum Gasteiger partial charge on any atom is 0.310 e. The second kappa shape index (κ2) is 7.91. The van der Waals surface area contributed by atoms with Gasteiger partial charge in [-0.25, -0.2) is 0 Å². The van der Waals surface area contributed by atoms with E-state index in [-0.39, 0.29) is 30.4 Å². The Balaban J connectivity index is 1.95. The molecule has 0 bridgehead atoms. The number of benzene rings is 1. The molecule has 6 heteroatoms. The first-order valence-corrected chi connectivity index (χ1v) is 7.44. The van der Waals surface area contributed by atoms with Gasteiger partial charge in [0.1, 0.15) is 0 Å². The highest BCUT2D eigenvalue weighted by molar-refractivity contribution is 5.76. The third-order valence-electron chi connectivity index (χ3n) is 3.88. The number of nitrogens with two attached hydrogens (primary N) is 1. The largest absolute Gasteiger partial charge is 0.469 e. The van der Waals surface area contributed by atoms with Crippen LogP contribution in [0.1, 0.15) is 12.0 Å². The SMILES string of the molecule is COC(=O)C1CC(NCc2ccccc2)CN(CC(N)=O)C1. The standard InChI is InChI=1S/C16H23N3O3/c1-22-16(21)13-7-14(10-19(9-13)11-15(17)20)18-8-12-5-3-2-4-6-12/h2-6,13-14,18H,7-11H2,1H3,(H2,17,20). The van der Waals surface area contributed by atoms with Crippen molar-refractivity contribution in [2.24, 2.45) is 11.7 Å². The summed E-state index contributed by atoms with van der Waals surface area (Å²) in [6.07, 6.45) is 0.703. The first-order chi connectivity index (χ1) is 10.6. The molecule has 1 aromatic rings. The van der Waals surface area contributed by atoms with E-state index in [1.165, 1.54) is 12.7 Å². The van der Waals surface area contributed by atoms with E-state index in [2.05, 4.69) is 17.4 Å². The summed E-state index contributed by atoms with van der Waals surface area (Å²) in [4.78, 5) is 24.9. The summed E-state index contributed by atoms with van der Waals surface area (Å²) in [5.41, 5.74) is 6.46. The van der Waals surface area contributed by atoms with Crippen molar-refractivity contribution in [2.75, 3.05) is 26.7 Å². The predicted molar refractivity (Wildman–Crippen MR) is 82.8 cm³/mol. The predicted octanol–water partition coefficient (Wildman–Crippen LogP) is 0.125. The van der Waals surface area contributed by atoms with Crippen molar-refractivity contribution in [3.8, 4) is 0 Å². The number of carbonyl (C=O) groups excluding carboxylic acids is 2. The van der Waals surface area contributed by atoms with Crippen LogP contribution in [0.3, 0.4) is 0 Å². The minimum atomic E-state index is -0.382. The Kier molecular flexibility index (Phi) is 5.91. The quantitative estimate of drug-likeness (QED) is 0.730. The molecular weight excluding hydrogens is 282 g/mol. The van der Waals surface area contributed by atoms with Gasteiger partial charge in [-0.3, -0.25) is 14.5 Å². The van der Waals surface area contributed by atoms with Crippen molar-refractivity contribution in [1.29, 1.82) is 0 Å². The van der Waals surface area contributed by atoms with Crippen molar-refractivity contribution in [3.63, 3.8) is 0 Å². The Bertz CT molecular complexity index is 507. The number of carbonyl (C=O) groups is 2. The maximum atomic E-state index is 11.8. The van der Waals surface area contributed by atoms with Gasteiger partial charge >= 0.3 is 5.97 Å². The number of primary amides is 1. The molecule has 2 unspecified atom stereocenters. The number of methoxy groups -OCH3 is 1. The molecule has 0 aliphatic carbocycles. The van der Waals surface area contributed by atoms with Crippen LogP contribution in [0.2, 0.25) is 0 Å². The first kappa shape index (κ1) is 16.5. The molecule has 1 aliphatic heterocycles. The molecule has 6 nitrogen and oxygen atoms in total. The fourth-order valence-electron chi connectivity index (χ4n) is 2.88. The number of nitrogens with one attached hydrogen (secondary N) is 1. The monoisotopic (exact) mass is 305 g/mol. The van der Waals surface area contributed by atoms with E-state index in [4.69, 9.17) is 10.5 Å². The smallest absolute Gasteiger partial charge is 0.310 e. The third kappa shape index (κ3) is 4.82. The van der Waals surface area contributed by atoms with Crippen molar-refractivity contribution in [3.05, 3.63) is 35.9 Å². The van der Waals surface area contributed by atoms with Gasteiger partial charge in [0.2, 0.25) is 5.91 Å². The molecular formula is C16H23N3O3. The summed E-state index contributed by atoms with van der Waals surface area (Å²) in [5.74, 6) is -0.848. The molecule has 1 aliphatic rings. The second-order valence-corrected chi connectivity index (χ2v) is 5.68. The van der Waals surface area contributed by atoms with Crippen molar-refractivity contribution in [2.45, 2.75) is 19.0 Å². The van der Waals surface area contributed by atoms with E-state index >= 15 is 0 Å². The van der Waals surface area contributed by atoms with E-state index in [1.54, 1.807) is 0 Å². The molecule has 2 rings (SSSR count). The normalized spacial score (nSPS) is 22.2. The Morgan fingerprint density at radius 3 is 2.68 bits per heavy atom. The number of rotatable bonds is 6. The van der Waals surface area contributed by atoms with Crippen molar-refractivity contribution >= 4 is 11.9 Å². The average Bonchev–Trinajstić information content (AvgIpc) is 2.52. The second-order valence-electron chi connectivity index (χ2n) is 5.68. The minimum Gasteiger partial charge on any atom is -0.469 e. The van der Waals surface area contributed by atoms with Gasteiger partial charge < -0.3 is 15.8 Å². The summed E-state index contributed by atoms with van der Waals surface area (Å²) >= 11 is 0. The minimum absolute atomic E-state index is 0.123. The third-order valence-corrected chi connectivity index (χ3v) is 3.88. The number of esters is 1. The number of amides is 1. The molecule has 22 heavy (non-hydrogen) atoms. The van der Waals surface area contributed by atoms with Crippen LogP contribution in [0.4, 0.5) is 0 Å². The lowest BCUT2D eigenvalue weighted by molar-refractivity contribution is -0.148. The summed E-state index contributed by atoms with van der Waals surface area (Å²) in [6, 6.07) is 10.2. The Hall–Kier alpha value is -1.92. The van der Waals surface area contributed by atoms with Crippen LogP contribution >= 0.6 is 0 Å². The molecule has 0 aromatic heterocycles. The zero-order valence-electron chi connectivity index (χ0n) is 12.8. The van der Waals surface area contributed by atoms with Gasteiger partial charge in [0.15, 0.2) is 0 Å². The van der Waals surface area contributed by atoms with Crippen LogP contribution < -0.4 is 11.1 Å². The average molecular weight is 305 g/mol. The highest BCUT2D eigenvalue weighted by Gasteiger charge is 2.32. The highest BCUT2D eigenvalue weighted by Crippen LogP contribution is 2.18. The van der Waals surface area contributed by atoms with Crippen LogP contribution in [0, 0.1) is 5.92 Å². The molecule has 1 fully saturated rings. The zero-order valence-corrected chi connectivity index (χ0v) is 12.8. The van der Waals surface area contributed by atoms with Crippen LogP contribution in [-0.2, 0) is 20.9 Å². The van der Waals surface area contributed by atoms with Crippen LogP contribution in [0.5, 0.6) is 0 Å².